The molecule has 0 bridgehead atoms. The summed E-state index contributed by atoms with van der Waals surface area (Å²) in [6, 6.07) is 0. The summed E-state index contributed by atoms with van der Waals surface area (Å²) in [6.07, 6.45) is 0.258. The molecule has 0 unspecified atom stereocenters. The SMILES string of the molecule is O=C(C1CCC(F)(F)CC1)N1C[C@H]2COCC[C@@]2(C(=O)O)C1. The number of alkyl halides is 2. The summed E-state index contributed by atoms with van der Waals surface area (Å²) in [5, 5.41) is 9.58. The number of ether oxygens (including phenoxy) is 1. The fraction of sp³-hybridized carbons (Fsp3) is 0.867. The maximum atomic E-state index is 13.2. The van der Waals surface area contributed by atoms with E-state index in [1.165, 1.54) is 0 Å². The number of aliphatic carboxylic acids is 1. The fourth-order valence-electron chi connectivity index (χ4n) is 4.01. The van der Waals surface area contributed by atoms with Crippen LogP contribution in [-0.4, -0.2) is 54.1 Å². The molecule has 3 fully saturated rings. The lowest BCUT2D eigenvalue weighted by atomic mass is 9.74. The molecule has 3 rings (SSSR count). The number of carbonyl (C=O) groups is 2. The molecule has 124 valence electrons. The van der Waals surface area contributed by atoms with Gasteiger partial charge in [-0.1, -0.05) is 0 Å². The minimum Gasteiger partial charge on any atom is -0.481 e. The van der Waals surface area contributed by atoms with Crippen LogP contribution in [-0.2, 0) is 14.3 Å². The van der Waals surface area contributed by atoms with Crippen LogP contribution in [0.4, 0.5) is 8.78 Å². The van der Waals surface area contributed by atoms with Gasteiger partial charge in [-0.15, -0.1) is 0 Å². The Hall–Kier alpha value is -1.24. The normalized spacial score (nSPS) is 35.2. The highest BCUT2D eigenvalue weighted by molar-refractivity contribution is 5.82. The Morgan fingerprint density at radius 2 is 1.86 bits per heavy atom. The van der Waals surface area contributed by atoms with Gasteiger partial charge in [0, 0.05) is 44.4 Å². The Morgan fingerprint density at radius 1 is 1.18 bits per heavy atom. The van der Waals surface area contributed by atoms with Crippen molar-refractivity contribution in [3.05, 3.63) is 0 Å². The van der Waals surface area contributed by atoms with Gasteiger partial charge in [0.15, 0.2) is 0 Å². The van der Waals surface area contributed by atoms with Crippen molar-refractivity contribution in [2.45, 2.75) is 38.0 Å². The van der Waals surface area contributed by atoms with Gasteiger partial charge in [0.2, 0.25) is 11.8 Å². The summed E-state index contributed by atoms with van der Waals surface area (Å²) < 4.78 is 31.8. The van der Waals surface area contributed by atoms with E-state index in [0.29, 0.717) is 26.2 Å². The first kappa shape index (κ1) is 15.6. The molecule has 0 aromatic rings. The summed E-state index contributed by atoms with van der Waals surface area (Å²) in [6.45, 7) is 1.28. The Bertz CT molecular complexity index is 474. The van der Waals surface area contributed by atoms with Crippen LogP contribution < -0.4 is 0 Å². The molecule has 3 aliphatic rings. The molecule has 5 nitrogen and oxygen atoms in total. The number of likely N-dealkylation sites (tertiary alicyclic amines) is 1. The second kappa shape index (κ2) is 5.44. The first-order valence-electron chi connectivity index (χ1n) is 7.82. The minimum absolute atomic E-state index is 0.162. The smallest absolute Gasteiger partial charge is 0.311 e. The summed E-state index contributed by atoms with van der Waals surface area (Å²) in [5.41, 5.74) is -0.924. The van der Waals surface area contributed by atoms with Crippen molar-refractivity contribution in [1.29, 1.82) is 0 Å². The van der Waals surface area contributed by atoms with Gasteiger partial charge in [-0.25, -0.2) is 8.78 Å². The second-order valence-corrected chi connectivity index (χ2v) is 6.83. The van der Waals surface area contributed by atoms with Crippen LogP contribution in [0.1, 0.15) is 32.1 Å². The molecule has 7 heteroatoms. The molecule has 1 N–H and O–H groups in total. The lowest BCUT2D eigenvalue weighted by molar-refractivity contribution is -0.157. The number of carboxylic acids is 1. The molecule has 2 heterocycles. The molecule has 2 aliphatic heterocycles. The van der Waals surface area contributed by atoms with Crippen molar-refractivity contribution in [3.8, 4) is 0 Å². The van der Waals surface area contributed by atoms with Gasteiger partial charge >= 0.3 is 5.97 Å². The van der Waals surface area contributed by atoms with Crippen LogP contribution in [0.3, 0.4) is 0 Å². The number of halogens is 2. The van der Waals surface area contributed by atoms with E-state index in [9.17, 15) is 23.5 Å². The van der Waals surface area contributed by atoms with Crippen molar-refractivity contribution in [3.63, 3.8) is 0 Å². The zero-order valence-corrected chi connectivity index (χ0v) is 12.4. The number of nitrogens with zero attached hydrogens (tertiary/aromatic N) is 1. The Balaban J connectivity index is 1.69. The first-order chi connectivity index (χ1) is 10.3. The molecule has 0 aromatic heterocycles. The van der Waals surface area contributed by atoms with Gasteiger partial charge in [0.25, 0.3) is 0 Å². The lowest BCUT2D eigenvalue weighted by Crippen LogP contribution is -2.45. The van der Waals surface area contributed by atoms with E-state index < -0.39 is 23.2 Å². The quantitative estimate of drug-likeness (QED) is 0.843. The number of amides is 1. The van der Waals surface area contributed by atoms with Crippen LogP contribution in [0.25, 0.3) is 0 Å². The van der Waals surface area contributed by atoms with Crippen molar-refractivity contribution in [2.24, 2.45) is 17.3 Å². The average molecular weight is 317 g/mol. The Labute approximate surface area is 127 Å². The molecule has 2 atom stereocenters. The topological polar surface area (TPSA) is 66.8 Å². The molecular formula is C15H21F2NO4. The maximum Gasteiger partial charge on any atom is 0.311 e. The second-order valence-electron chi connectivity index (χ2n) is 6.83. The third-order valence-corrected chi connectivity index (χ3v) is 5.51. The molecule has 1 saturated carbocycles. The van der Waals surface area contributed by atoms with Crippen molar-refractivity contribution >= 4 is 11.9 Å². The Morgan fingerprint density at radius 3 is 2.45 bits per heavy atom. The number of hydrogen-bond acceptors (Lipinski definition) is 3. The number of hydrogen-bond donors (Lipinski definition) is 1. The zero-order valence-electron chi connectivity index (χ0n) is 12.4. The predicted octanol–water partition coefficient (Wildman–Crippen LogP) is 1.76. The monoisotopic (exact) mass is 317 g/mol. The molecule has 22 heavy (non-hydrogen) atoms. The predicted molar refractivity (Wildman–Crippen MR) is 72.5 cm³/mol. The zero-order chi connectivity index (χ0) is 16.0. The number of carbonyl (C=O) groups excluding carboxylic acids is 1. The molecule has 1 amide bonds. The summed E-state index contributed by atoms with van der Waals surface area (Å²) in [5.74, 6) is -4.30. The Kier molecular flexibility index (Phi) is 3.87. The lowest BCUT2D eigenvalue weighted by Gasteiger charge is -2.34. The van der Waals surface area contributed by atoms with Crippen molar-refractivity contribution < 1.29 is 28.2 Å². The van der Waals surface area contributed by atoms with E-state index in [2.05, 4.69) is 0 Å². The summed E-state index contributed by atoms with van der Waals surface area (Å²) in [7, 11) is 0. The number of carboxylic acid groups (broad SMARTS) is 1. The van der Waals surface area contributed by atoms with Crippen LogP contribution in [0.2, 0.25) is 0 Å². The highest BCUT2D eigenvalue weighted by Gasteiger charge is 2.55. The van der Waals surface area contributed by atoms with Crippen molar-refractivity contribution in [1.82, 2.24) is 4.90 Å². The van der Waals surface area contributed by atoms with Crippen LogP contribution in [0, 0.1) is 17.3 Å². The molecule has 0 spiro atoms. The van der Waals surface area contributed by atoms with Crippen LogP contribution in [0.15, 0.2) is 0 Å². The average Bonchev–Trinajstić information content (AvgIpc) is 2.87. The standard InChI is InChI=1S/C15H21F2NO4/c16-15(17)3-1-10(2-4-15)12(19)18-7-11-8-22-6-5-14(11,9-18)13(20)21/h10-11H,1-9H2,(H,20,21)/t11-,14+/m0/s1. The van der Waals surface area contributed by atoms with Gasteiger partial charge in [-0.2, -0.15) is 0 Å². The van der Waals surface area contributed by atoms with E-state index in [0.717, 1.165) is 0 Å². The van der Waals surface area contributed by atoms with Crippen molar-refractivity contribution in [2.75, 3.05) is 26.3 Å². The van der Waals surface area contributed by atoms with Gasteiger partial charge in [-0.05, 0) is 19.3 Å². The molecular weight excluding hydrogens is 296 g/mol. The van der Waals surface area contributed by atoms with Gasteiger partial charge < -0.3 is 14.7 Å². The van der Waals surface area contributed by atoms with Gasteiger partial charge in [0.1, 0.15) is 0 Å². The van der Waals surface area contributed by atoms with E-state index in [1.807, 2.05) is 0 Å². The van der Waals surface area contributed by atoms with E-state index in [-0.39, 0.29) is 44.1 Å². The molecule has 0 radical (unpaired) electrons. The number of rotatable bonds is 2. The highest BCUT2D eigenvalue weighted by Crippen LogP contribution is 2.44. The van der Waals surface area contributed by atoms with E-state index in [4.69, 9.17) is 4.74 Å². The van der Waals surface area contributed by atoms with Gasteiger partial charge in [0.05, 0.1) is 12.0 Å². The van der Waals surface area contributed by atoms with Crippen LogP contribution in [0.5, 0.6) is 0 Å². The fourth-order valence-corrected chi connectivity index (χ4v) is 4.01. The third-order valence-electron chi connectivity index (χ3n) is 5.51. The van der Waals surface area contributed by atoms with Crippen LogP contribution >= 0.6 is 0 Å². The number of fused-ring (bicyclic) bond motifs is 1. The first-order valence-corrected chi connectivity index (χ1v) is 7.82. The highest BCUT2D eigenvalue weighted by atomic mass is 19.3. The molecule has 2 saturated heterocycles. The van der Waals surface area contributed by atoms with Gasteiger partial charge in [-0.3, -0.25) is 9.59 Å². The summed E-state index contributed by atoms with van der Waals surface area (Å²) in [4.78, 5) is 25.8. The molecule has 0 aromatic carbocycles. The maximum absolute atomic E-state index is 13.2. The summed E-state index contributed by atoms with van der Waals surface area (Å²) >= 11 is 0. The third kappa shape index (κ3) is 2.59. The molecule has 1 aliphatic carbocycles. The minimum atomic E-state index is -2.66. The van der Waals surface area contributed by atoms with E-state index >= 15 is 0 Å². The largest absolute Gasteiger partial charge is 0.481 e. The van der Waals surface area contributed by atoms with E-state index in [1.54, 1.807) is 4.90 Å².